The molecule has 2 aromatic rings. The van der Waals surface area contributed by atoms with Gasteiger partial charge in [0.25, 0.3) is 0 Å². The summed E-state index contributed by atoms with van der Waals surface area (Å²) in [7, 11) is 0. The molecule has 0 aliphatic heterocycles. The van der Waals surface area contributed by atoms with Gasteiger partial charge in [0.1, 0.15) is 0 Å². The Morgan fingerprint density at radius 2 is 1.76 bits per heavy atom. The summed E-state index contributed by atoms with van der Waals surface area (Å²) < 4.78 is 0. The molecule has 0 aliphatic rings. The van der Waals surface area contributed by atoms with Crippen LogP contribution in [0.2, 0.25) is 0 Å². The molecule has 0 radical (unpaired) electrons. The molecule has 0 bridgehead atoms. The van der Waals surface area contributed by atoms with Crippen molar-refractivity contribution in [1.29, 1.82) is 0 Å². The molecule has 0 aromatic heterocycles. The molecule has 5 nitrogen and oxygen atoms in total. The normalized spacial score (nSPS) is 11.2. The van der Waals surface area contributed by atoms with E-state index in [4.69, 9.17) is 5.73 Å². The summed E-state index contributed by atoms with van der Waals surface area (Å²) in [5.41, 5.74) is 11.0. The summed E-state index contributed by atoms with van der Waals surface area (Å²) in [5, 5.41) is 6.00. The molecule has 132 valence electrons. The third-order valence-corrected chi connectivity index (χ3v) is 3.61. The minimum absolute atomic E-state index is 0.0270. The second kappa shape index (κ2) is 8.87. The predicted octanol–water partition coefficient (Wildman–Crippen LogP) is 3.97. The average Bonchev–Trinajstić information content (AvgIpc) is 2.52. The van der Waals surface area contributed by atoms with Crippen molar-refractivity contribution in [3.8, 4) is 0 Å². The molecule has 1 amide bonds. The van der Waals surface area contributed by atoms with Gasteiger partial charge in [-0.15, -0.1) is 0 Å². The molecule has 4 N–H and O–H groups in total. The SMILES string of the molecule is CCCC(=O)Nc1cccc(CN=C(N)Nc2cc(C)cc(C)c2)c1. The molecule has 0 aliphatic carbocycles. The maximum Gasteiger partial charge on any atom is 0.224 e. The molecular formula is C20H26N4O. The number of carbonyl (C=O) groups is 1. The minimum atomic E-state index is 0.0270. The van der Waals surface area contributed by atoms with Crippen LogP contribution in [0.4, 0.5) is 11.4 Å². The Balaban J connectivity index is 1.99. The van der Waals surface area contributed by atoms with Crippen molar-refractivity contribution in [2.24, 2.45) is 10.7 Å². The van der Waals surface area contributed by atoms with Crippen LogP contribution in [0.5, 0.6) is 0 Å². The molecule has 0 spiro atoms. The van der Waals surface area contributed by atoms with E-state index in [0.29, 0.717) is 18.9 Å². The van der Waals surface area contributed by atoms with Crippen LogP contribution >= 0.6 is 0 Å². The van der Waals surface area contributed by atoms with E-state index < -0.39 is 0 Å². The molecule has 5 heteroatoms. The first-order valence-electron chi connectivity index (χ1n) is 8.50. The molecular weight excluding hydrogens is 312 g/mol. The van der Waals surface area contributed by atoms with Crippen molar-refractivity contribution in [3.63, 3.8) is 0 Å². The van der Waals surface area contributed by atoms with Crippen molar-refractivity contribution < 1.29 is 4.79 Å². The summed E-state index contributed by atoms with van der Waals surface area (Å²) in [6.07, 6.45) is 1.35. The van der Waals surface area contributed by atoms with Crippen molar-refractivity contribution in [2.45, 2.75) is 40.2 Å². The van der Waals surface area contributed by atoms with Gasteiger partial charge in [0.2, 0.25) is 5.91 Å². The number of nitrogens with zero attached hydrogens (tertiary/aromatic N) is 1. The van der Waals surface area contributed by atoms with Gasteiger partial charge in [-0.2, -0.15) is 0 Å². The van der Waals surface area contributed by atoms with E-state index in [1.165, 1.54) is 11.1 Å². The number of amides is 1. The van der Waals surface area contributed by atoms with Gasteiger partial charge < -0.3 is 16.4 Å². The van der Waals surface area contributed by atoms with Gasteiger partial charge in [-0.3, -0.25) is 4.79 Å². The smallest absolute Gasteiger partial charge is 0.224 e. The number of aliphatic imine (C=N–C) groups is 1. The fourth-order valence-corrected chi connectivity index (χ4v) is 2.61. The number of benzene rings is 2. The Kier molecular flexibility index (Phi) is 6.57. The second-order valence-corrected chi connectivity index (χ2v) is 6.20. The highest BCUT2D eigenvalue weighted by atomic mass is 16.1. The third-order valence-electron chi connectivity index (χ3n) is 3.61. The van der Waals surface area contributed by atoms with E-state index in [2.05, 4.69) is 21.7 Å². The van der Waals surface area contributed by atoms with Gasteiger partial charge in [-0.05, 0) is 61.2 Å². The summed E-state index contributed by atoms with van der Waals surface area (Å²) in [5.74, 6) is 0.393. The highest BCUT2D eigenvalue weighted by Crippen LogP contribution is 2.14. The van der Waals surface area contributed by atoms with Crippen LogP contribution in [-0.2, 0) is 11.3 Å². The monoisotopic (exact) mass is 338 g/mol. The van der Waals surface area contributed by atoms with Crippen molar-refractivity contribution in [1.82, 2.24) is 0 Å². The topological polar surface area (TPSA) is 79.5 Å². The van der Waals surface area contributed by atoms with Crippen LogP contribution in [0.3, 0.4) is 0 Å². The molecule has 0 saturated heterocycles. The zero-order valence-corrected chi connectivity index (χ0v) is 15.1. The largest absolute Gasteiger partial charge is 0.370 e. The molecule has 0 saturated carbocycles. The Hall–Kier alpha value is -2.82. The Bertz CT molecular complexity index is 748. The minimum Gasteiger partial charge on any atom is -0.370 e. The number of nitrogens with two attached hydrogens (primary N) is 1. The number of rotatable bonds is 6. The van der Waals surface area contributed by atoms with Crippen LogP contribution in [0.25, 0.3) is 0 Å². The van der Waals surface area contributed by atoms with Crippen LogP contribution < -0.4 is 16.4 Å². The van der Waals surface area contributed by atoms with Gasteiger partial charge in [0.05, 0.1) is 6.54 Å². The van der Waals surface area contributed by atoms with E-state index in [9.17, 15) is 4.79 Å². The number of aryl methyl sites for hydroxylation is 2. The number of guanidine groups is 1. The molecule has 0 atom stereocenters. The van der Waals surface area contributed by atoms with Crippen LogP contribution in [0, 0.1) is 13.8 Å². The van der Waals surface area contributed by atoms with E-state index in [1.807, 2.05) is 57.2 Å². The van der Waals surface area contributed by atoms with Crippen LogP contribution in [-0.4, -0.2) is 11.9 Å². The summed E-state index contributed by atoms with van der Waals surface area (Å²) >= 11 is 0. The van der Waals surface area contributed by atoms with Crippen molar-refractivity contribution >= 4 is 23.2 Å². The first kappa shape index (κ1) is 18.5. The average molecular weight is 338 g/mol. The van der Waals surface area contributed by atoms with Crippen molar-refractivity contribution in [3.05, 3.63) is 59.2 Å². The van der Waals surface area contributed by atoms with E-state index in [1.54, 1.807) is 0 Å². The summed E-state index contributed by atoms with van der Waals surface area (Å²) in [6, 6.07) is 13.8. The lowest BCUT2D eigenvalue weighted by atomic mass is 10.1. The number of anilines is 2. The first-order chi connectivity index (χ1) is 12.0. The van der Waals surface area contributed by atoms with E-state index >= 15 is 0 Å². The Morgan fingerprint density at radius 3 is 2.44 bits per heavy atom. The zero-order valence-electron chi connectivity index (χ0n) is 15.1. The van der Waals surface area contributed by atoms with Gasteiger partial charge in [0, 0.05) is 17.8 Å². The van der Waals surface area contributed by atoms with Gasteiger partial charge >= 0.3 is 0 Å². The van der Waals surface area contributed by atoms with E-state index in [-0.39, 0.29) is 5.91 Å². The number of hydrogen-bond donors (Lipinski definition) is 3. The predicted molar refractivity (Wildman–Crippen MR) is 105 cm³/mol. The fraction of sp³-hybridized carbons (Fsp3) is 0.300. The molecule has 25 heavy (non-hydrogen) atoms. The standard InChI is InChI=1S/C20H26N4O/c1-4-6-19(25)23-17-8-5-7-16(12-17)13-22-20(21)24-18-10-14(2)9-15(3)11-18/h5,7-12H,4,6,13H2,1-3H3,(H,23,25)(H3,21,22,24). The number of hydrogen-bond acceptors (Lipinski definition) is 2. The van der Waals surface area contributed by atoms with Crippen LogP contribution in [0.1, 0.15) is 36.5 Å². The van der Waals surface area contributed by atoms with Gasteiger partial charge in [-0.1, -0.05) is 25.1 Å². The third kappa shape index (κ3) is 6.30. The molecule has 0 heterocycles. The molecule has 2 aromatic carbocycles. The number of nitrogens with one attached hydrogen (secondary N) is 2. The fourth-order valence-electron chi connectivity index (χ4n) is 2.61. The lowest BCUT2D eigenvalue weighted by Crippen LogP contribution is -2.22. The quantitative estimate of drug-likeness (QED) is 0.551. The van der Waals surface area contributed by atoms with Crippen LogP contribution in [0.15, 0.2) is 47.5 Å². The Labute approximate surface area is 149 Å². The molecule has 0 fully saturated rings. The summed E-state index contributed by atoms with van der Waals surface area (Å²) in [6.45, 7) is 6.52. The highest BCUT2D eigenvalue weighted by molar-refractivity contribution is 5.92. The van der Waals surface area contributed by atoms with Gasteiger partial charge in [-0.25, -0.2) is 4.99 Å². The molecule has 0 unspecified atom stereocenters. The Morgan fingerprint density at radius 1 is 1.04 bits per heavy atom. The van der Waals surface area contributed by atoms with Gasteiger partial charge in [0.15, 0.2) is 5.96 Å². The summed E-state index contributed by atoms with van der Waals surface area (Å²) in [4.78, 5) is 16.1. The highest BCUT2D eigenvalue weighted by Gasteiger charge is 2.02. The lowest BCUT2D eigenvalue weighted by Gasteiger charge is -2.09. The molecule has 2 rings (SSSR count). The van der Waals surface area contributed by atoms with Crippen molar-refractivity contribution in [2.75, 3.05) is 10.6 Å². The second-order valence-electron chi connectivity index (χ2n) is 6.20. The lowest BCUT2D eigenvalue weighted by molar-refractivity contribution is -0.116. The number of carbonyl (C=O) groups excluding carboxylic acids is 1. The maximum atomic E-state index is 11.7. The maximum absolute atomic E-state index is 11.7. The zero-order chi connectivity index (χ0) is 18.2. The van der Waals surface area contributed by atoms with E-state index in [0.717, 1.165) is 23.4 Å². The first-order valence-corrected chi connectivity index (χ1v) is 8.50.